The molecular weight excluding hydrogens is 288 g/mol. The van der Waals surface area contributed by atoms with Gasteiger partial charge in [-0.1, -0.05) is 0 Å². The predicted octanol–water partition coefficient (Wildman–Crippen LogP) is 1.45. The molecule has 1 heterocycles. The van der Waals surface area contributed by atoms with Crippen LogP contribution in [0, 0.1) is 13.8 Å². The maximum Gasteiger partial charge on any atom is 0.240 e. The van der Waals surface area contributed by atoms with E-state index in [4.69, 9.17) is 5.73 Å². The summed E-state index contributed by atoms with van der Waals surface area (Å²) in [6, 6.07) is 8.14. The zero-order chi connectivity index (χ0) is 15.5. The van der Waals surface area contributed by atoms with Crippen LogP contribution in [-0.4, -0.2) is 24.7 Å². The molecule has 1 aromatic carbocycles. The molecule has 0 aliphatic rings. The van der Waals surface area contributed by atoms with E-state index in [0.29, 0.717) is 25.2 Å². The van der Waals surface area contributed by atoms with Gasteiger partial charge in [0.1, 0.15) is 0 Å². The van der Waals surface area contributed by atoms with Gasteiger partial charge in [-0.15, -0.1) is 0 Å². The van der Waals surface area contributed by atoms with Crippen LogP contribution in [0.4, 0.5) is 5.69 Å². The van der Waals surface area contributed by atoms with Gasteiger partial charge in [-0.25, -0.2) is 13.1 Å². The monoisotopic (exact) mass is 308 g/mol. The van der Waals surface area contributed by atoms with Crippen LogP contribution in [0.1, 0.15) is 17.8 Å². The fraction of sp³-hybridized carbons (Fsp3) is 0.357. The largest absolute Gasteiger partial charge is 0.399 e. The lowest BCUT2D eigenvalue weighted by atomic mass is 10.3. The number of benzene rings is 1. The number of sulfonamides is 1. The van der Waals surface area contributed by atoms with Crippen molar-refractivity contribution in [1.29, 1.82) is 0 Å². The van der Waals surface area contributed by atoms with E-state index in [0.717, 1.165) is 11.4 Å². The molecule has 21 heavy (non-hydrogen) atoms. The molecule has 2 aromatic rings. The molecule has 0 aliphatic carbocycles. The molecule has 0 unspecified atom stereocenters. The summed E-state index contributed by atoms with van der Waals surface area (Å²) in [4.78, 5) is 0.225. The number of nitrogens with one attached hydrogen (secondary N) is 1. The summed E-state index contributed by atoms with van der Waals surface area (Å²) in [5.74, 6) is 0. The Morgan fingerprint density at radius 1 is 1.24 bits per heavy atom. The van der Waals surface area contributed by atoms with Crippen molar-refractivity contribution >= 4 is 15.7 Å². The van der Waals surface area contributed by atoms with E-state index in [2.05, 4.69) is 9.82 Å². The molecule has 0 atom stereocenters. The number of nitrogen functional groups attached to an aromatic ring is 1. The summed E-state index contributed by atoms with van der Waals surface area (Å²) >= 11 is 0. The van der Waals surface area contributed by atoms with Crippen LogP contribution in [0.15, 0.2) is 35.2 Å². The number of hydrogen-bond acceptors (Lipinski definition) is 4. The van der Waals surface area contributed by atoms with Crippen LogP contribution in [-0.2, 0) is 16.6 Å². The zero-order valence-electron chi connectivity index (χ0n) is 12.2. The molecule has 0 aliphatic heterocycles. The van der Waals surface area contributed by atoms with Gasteiger partial charge in [-0.3, -0.25) is 4.68 Å². The number of nitrogens with two attached hydrogens (primary N) is 1. The summed E-state index contributed by atoms with van der Waals surface area (Å²) in [6.45, 7) is 4.97. The van der Waals surface area contributed by atoms with E-state index < -0.39 is 10.0 Å². The molecule has 3 N–H and O–H groups in total. The average Bonchev–Trinajstić information content (AvgIpc) is 2.74. The third kappa shape index (κ3) is 4.05. The van der Waals surface area contributed by atoms with Crippen LogP contribution >= 0.6 is 0 Å². The Hall–Kier alpha value is -1.86. The SMILES string of the molecule is Cc1cc(C)n(CCCNS(=O)(=O)c2ccc(N)cc2)n1. The standard InChI is InChI=1S/C14H20N4O2S/c1-11-10-12(2)18(17-11)9-3-8-16-21(19,20)14-6-4-13(15)5-7-14/h4-7,10,16H,3,8-9,15H2,1-2H3. The van der Waals surface area contributed by atoms with Crippen molar-refractivity contribution in [2.75, 3.05) is 12.3 Å². The van der Waals surface area contributed by atoms with Crippen molar-refractivity contribution in [3.05, 3.63) is 41.7 Å². The van der Waals surface area contributed by atoms with E-state index >= 15 is 0 Å². The summed E-state index contributed by atoms with van der Waals surface area (Å²) < 4.78 is 28.6. The molecule has 0 amide bonds. The number of nitrogens with zero attached hydrogens (tertiary/aromatic N) is 2. The molecule has 6 nitrogen and oxygen atoms in total. The van der Waals surface area contributed by atoms with E-state index in [1.807, 2.05) is 24.6 Å². The highest BCUT2D eigenvalue weighted by molar-refractivity contribution is 7.89. The van der Waals surface area contributed by atoms with Gasteiger partial charge >= 0.3 is 0 Å². The molecular formula is C14H20N4O2S. The zero-order valence-corrected chi connectivity index (χ0v) is 13.0. The normalized spacial score (nSPS) is 11.7. The number of aryl methyl sites for hydroxylation is 3. The minimum atomic E-state index is -3.47. The Morgan fingerprint density at radius 2 is 1.90 bits per heavy atom. The van der Waals surface area contributed by atoms with Gasteiger partial charge in [0.2, 0.25) is 10.0 Å². The van der Waals surface area contributed by atoms with Crippen molar-refractivity contribution < 1.29 is 8.42 Å². The fourth-order valence-electron chi connectivity index (χ4n) is 2.07. The lowest BCUT2D eigenvalue weighted by Gasteiger charge is -2.08. The first kappa shape index (κ1) is 15.5. The van der Waals surface area contributed by atoms with Crippen LogP contribution in [0.25, 0.3) is 0 Å². The van der Waals surface area contributed by atoms with Crippen molar-refractivity contribution in [1.82, 2.24) is 14.5 Å². The number of aromatic nitrogens is 2. The van der Waals surface area contributed by atoms with Crippen molar-refractivity contribution in [3.8, 4) is 0 Å². The molecule has 2 rings (SSSR count). The number of hydrogen-bond donors (Lipinski definition) is 2. The second-order valence-electron chi connectivity index (χ2n) is 4.97. The van der Waals surface area contributed by atoms with E-state index in [9.17, 15) is 8.42 Å². The Bertz CT molecular complexity index is 705. The average molecular weight is 308 g/mol. The highest BCUT2D eigenvalue weighted by Gasteiger charge is 2.12. The Labute approximate surface area is 125 Å². The molecule has 1 aromatic heterocycles. The van der Waals surface area contributed by atoms with Gasteiger partial charge in [0, 0.05) is 24.5 Å². The minimum absolute atomic E-state index is 0.225. The van der Waals surface area contributed by atoms with Gasteiger partial charge in [0.05, 0.1) is 10.6 Å². The molecule has 0 fully saturated rings. The van der Waals surface area contributed by atoms with E-state index in [1.165, 1.54) is 12.1 Å². The third-order valence-electron chi connectivity index (χ3n) is 3.13. The summed E-state index contributed by atoms with van der Waals surface area (Å²) in [7, 11) is -3.47. The Balaban J connectivity index is 1.88. The molecule has 0 saturated carbocycles. The lowest BCUT2D eigenvalue weighted by Crippen LogP contribution is -2.25. The summed E-state index contributed by atoms with van der Waals surface area (Å²) in [5.41, 5.74) is 8.13. The maximum absolute atomic E-state index is 12.1. The van der Waals surface area contributed by atoms with Crippen LogP contribution in [0.5, 0.6) is 0 Å². The summed E-state index contributed by atoms with van der Waals surface area (Å²) in [5, 5.41) is 4.34. The number of rotatable bonds is 6. The van der Waals surface area contributed by atoms with E-state index in [1.54, 1.807) is 12.1 Å². The van der Waals surface area contributed by atoms with Gasteiger partial charge in [-0.05, 0) is 50.6 Å². The molecule has 0 saturated heterocycles. The van der Waals surface area contributed by atoms with Crippen molar-refractivity contribution in [2.45, 2.75) is 31.7 Å². The van der Waals surface area contributed by atoms with E-state index in [-0.39, 0.29) is 4.90 Å². The smallest absolute Gasteiger partial charge is 0.240 e. The van der Waals surface area contributed by atoms with Gasteiger partial charge in [0.15, 0.2) is 0 Å². The molecule has 0 radical (unpaired) electrons. The summed E-state index contributed by atoms with van der Waals surface area (Å²) in [6.07, 6.45) is 0.677. The van der Waals surface area contributed by atoms with Crippen molar-refractivity contribution in [2.24, 2.45) is 0 Å². The fourth-order valence-corrected chi connectivity index (χ4v) is 3.14. The number of anilines is 1. The Kier molecular flexibility index (Phi) is 4.64. The highest BCUT2D eigenvalue weighted by Crippen LogP contribution is 2.11. The van der Waals surface area contributed by atoms with Gasteiger partial charge in [-0.2, -0.15) is 5.10 Å². The first-order valence-electron chi connectivity index (χ1n) is 6.75. The Morgan fingerprint density at radius 3 is 2.48 bits per heavy atom. The quantitative estimate of drug-likeness (QED) is 0.624. The third-order valence-corrected chi connectivity index (χ3v) is 4.61. The van der Waals surface area contributed by atoms with Gasteiger partial charge < -0.3 is 5.73 Å². The first-order chi connectivity index (χ1) is 9.88. The topological polar surface area (TPSA) is 90.0 Å². The van der Waals surface area contributed by atoms with Crippen molar-refractivity contribution in [3.63, 3.8) is 0 Å². The molecule has 7 heteroatoms. The second kappa shape index (κ2) is 6.28. The highest BCUT2D eigenvalue weighted by atomic mass is 32.2. The van der Waals surface area contributed by atoms with Crippen LogP contribution < -0.4 is 10.5 Å². The molecule has 114 valence electrons. The first-order valence-corrected chi connectivity index (χ1v) is 8.23. The molecule has 0 spiro atoms. The van der Waals surface area contributed by atoms with Gasteiger partial charge in [0.25, 0.3) is 0 Å². The van der Waals surface area contributed by atoms with Crippen LogP contribution in [0.2, 0.25) is 0 Å². The minimum Gasteiger partial charge on any atom is -0.399 e. The van der Waals surface area contributed by atoms with Crippen LogP contribution in [0.3, 0.4) is 0 Å². The second-order valence-corrected chi connectivity index (χ2v) is 6.74. The molecule has 0 bridgehead atoms. The lowest BCUT2D eigenvalue weighted by molar-refractivity contribution is 0.544. The maximum atomic E-state index is 12.1. The predicted molar refractivity (Wildman–Crippen MR) is 82.4 cm³/mol.